The minimum absolute atomic E-state index is 0.0651. The number of non-ortho nitro benzene ring substituents is 1. The van der Waals surface area contributed by atoms with Crippen molar-refractivity contribution >= 4 is 5.69 Å². The van der Waals surface area contributed by atoms with Gasteiger partial charge in [0, 0.05) is 29.3 Å². The molecule has 28 heavy (non-hydrogen) atoms. The van der Waals surface area contributed by atoms with Gasteiger partial charge in [-0.2, -0.15) is 5.01 Å². The third-order valence-corrected chi connectivity index (χ3v) is 5.44. The zero-order valence-electron chi connectivity index (χ0n) is 15.1. The summed E-state index contributed by atoms with van der Waals surface area (Å²) in [6.45, 7) is 0. The van der Waals surface area contributed by atoms with Crippen molar-refractivity contribution in [1.29, 1.82) is 0 Å². The highest BCUT2D eigenvalue weighted by molar-refractivity contribution is 5.42. The summed E-state index contributed by atoms with van der Waals surface area (Å²) in [4.78, 5) is 10.9. The molecule has 0 amide bonds. The molecule has 1 N–H and O–H groups in total. The first-order valence-electron chi connectivity index (χ1n) is 9.30. The SMILES string of the molecule is O=[N+]([O-])c1cccc([C@H]2Oc3ccccc3[C@H]3C[C@H](c4ccccc4)NN32)c1. The summed E-state index contributed by atoms with van der Waals surface area (Å²) in [5, 5.41) is 13.3. The number of fused-ring (bicyclic) bond motifs is 3. The van der Waals surface area contributed by atoms with E-state index in [9.17, 15) is 10.1 Å². The average molecular weight is 373 g/mol. The van der Waals surface area contributed by atoms with Gasteiger partial charge in [0.05, 0.1) is 11.0 Å². The van der Waals surface area contributed by atoms with Crippen LogP contribution in [0, 0.1) is 10.1 Å². The zero-order valence-corrected chi connectivity index (χ0v) is 15.1. The Hall–Kier alpha value is -3.22. The largest absolute Gasteiger partial charge is 0.469 e. The molecule has 0 unspecified atom stereocenters. The predicted octanol–water partition coefficient (Wildman–Crippen LogP) is 4.68. The van der Waals surface area contributed by atoms with E-state index in [0.717, 1.165) is 23.3 Å². The van der Waals surface area contributed by atoms with Gasteiger partial charge in [-0.1, -0.05) is 60.7 Å². The third-order valence-electron chi connectivity index (χ3n) is 5.44. The number of ether oxygens (including phenoxy) is 1. The molecule has 2 heterocycles. The molecule has 6 nitrogen and oxygen atoms in total. The van der Waals surface area contributed by atoms with Gasteiger partial charge in [0.25, 0.3) is 5.69 Å². The Kier molecular flexibility index (Phi) is 4.07. The summed E-state index contributed by atoms with van der Waals surface area (Å²) in [6, 6.07) is 25.3. The lowest BCUT2D eigenvalue weighted by molar-refractivity contribution is -0.385. The van der Waals surface area contributed by atoms with Crippen LogP contribution in [-0.4, -0.2) is 9.93 Å². The Morgan fingerprint density at radius 1 is 0.964 bits per heavy atom. The molecular weight excluding hydrogens is 354 g/mol. The Labute approximate surface area is 162 Å². The van der Waals surface area contributed by atoms with Gasteiger partial charge >= 0.3 is 0 Å². The van der Waals surface area contributed by atoms with Crippen molar-refractivity contribution in [2.24, 2.45) is 0 Å². The number of para-hydroxylation sites is 1. The summed E-state index contributed by atoms with van der Waals surface area (Å²) in [5.41, 5.74) is 6.76. The molecule has 0 bridgehead atoms. The zero-order chi connectivity index (χ0) is 19.1. The van der Waals surface area contributed by atoms with Crippen LogP contribution < -0.4 is 10.2 Å². The van der Waals surface area contributed by atoms with E-state index in [4.69, 9.17) is 4.74 Å². The first-order chi connectivity index (χ1) is 13.7. The Morgan fingerprint density at radius 3 is 2.54 bits per heavy atom. The number of nitrogens with one attached hydrogen (secondary N) is 1. The molecule has 5 rings (SSSR count). The summed E-state index contributed by atoms with van der Waals surface area (Å²) in [5.74, 6) is 0.829. The van der Waals surface area contributed by atoms with Crippen LogP contribution in [0.25, 0.3) is 0 Å². The molecule has 1 saturated heterocycles. The van der Waals surface area contributed by atoms with Crippen molar-refractivity contribution in [2.45, 2.75) is 24.7 Å². The van der Waals surface area contributed by atoms with Crippen molar-refractivity contribution in [3.05, 3.63) is 106 Å². The van der Waals surface area contributed by atoms with Crippen molar-refractivity contribution < 1.29 is 9.66 Å². The highest BCUT2D eigenvalue weighted by Crippen LogP contribution is 2.48. The second-order valence-electron chi connectivity index (χ2n) is 7.11. The topological polar surface area (TPSA) is 67.6 Å². The first-order valence-corrected chi connectivity index (χ1v) is 9.30. The highest BCUT2D eigenvalue weighted by atomic mass is 16.6. The average Bonchev–Trinajstić information content (AvgIpc) is 3.20. The van der Waals surface area contributed by atoms with E-state index in [-0.39, 0.29) is 22.7 Å². The minimum Gasteiger partial charge on any atom is -0.469 e. The highest BCUT2D eigenvalue weighted by Gasteiger charge is 2.44. The molecule has 6 heteroatoms. The molecular formula is C22H19N3O3. The number of benzene rings is 3. The number of hydrogen-bond donors (Lipinski definition) is 1. The second-order valence-corrected chi connectivity index (χ2v) is 7.11. The predicted molar refractivity (Wildman–Crippen MR) is 104 cm³/mol. The molecule has 140 valence electrons. The quantitative estimate of drug-likeness (QED) is 0.533. The fourth-order valence-electron chi connectivity index (χ4n) is 4.12. The van der Waals surface area contributed by atoms with Crippen molar-refractivity contribution in [3.8, 4) is 5.75 Å². The molecule has 1 fully saturated rings. The normalized spacial score (nSPS) is 23.5. The molecule has 2 aliphatic heterocycles. The first kappa shape index (κ1) is 16.9. The van der Waals surface area contributed by atoms with Crippen LogP contribution in [0.3, 0.4) is 0 Å². The van der Waals surface area contributed by atoms with Crippen LogP contribution in [0.5, 0.6) is 5.75 Å². The summed E-state index contributed by atoms with van der Waals surface area (Å²) < 4.78 is 6.29. The lowest BCUT2D eigenvalue weighted by Gasteiger charge is -2.38. The molecule has 0 aliphatic carbocycles. The van der Waals surface area contributed by atoms with E-state index >= 15 is 0 Å². The maximum atomic E-state index is 11.2. The number of nitrogens with zero attached hydrogens (tertiary/aromatic N) is 2. The molecule has 0 spiro atoms. The second kappa shape index (κ2) is 6.74. The van der Waals surface area contributed by atoms with E-state index in [1.807, 2.05) is 42.5 Å². The van der Waals surface area contributed by atoms with Gasteiger partial charge in [0.15, 0.2) is 6.23 Å². The summed E-state index contributed by atoms with van der Waals surface area (Å²) in [7, 11) is 0. The smallest absolute Gasteiger partial charge is 0.269 e. The van der Waals surface area contributed by atoms with Crippen LogP contribution in [0.2, 0.25) is 0 Å². The molecule has 0 radical (unpaired) electrons. The molecule has 3 atom stereocenters. The van der Waals surface area contributed by atoms with Crippen LogP contribution >= 0.6 is 0 Å². The van der Waals surface area contributed by atoms with Gasteiger partial charge in [-0.3, -0.25) is 10.1 Å². The summed E-state index contributed by atoms with van der Waals surface area (Å²) >= 11 is 0. The standard InChI is InChI=1S/C22H19N3O3/c26-25(27)17-10-6-9-16(13-17)22-24-20(18-11-4-5-12-21(18)28-22)14-19(23-24)15-7-2-1-3-8-15/h1-13,19-20,22-23H,14H2/t19-,20-,22-/m1/s1. The van der Waals surface area contributed by atoms with Gasteiger partial charge < -0.3 is 4.74 Å². The van der Waals surface area contributed by atoms with Gasteiger partial charge in [0.1, 0.15) is 5.75 Å². The summed E-state index contributed by atoms with van der Waals surface area (Å²) in [6.07, 6.45) is 0.462. The molecule has 0 saturated carbocycles. The monoisotopic (exact) mass is 373 g/mol. The van der Waals surface area contributed by atoms with E-state index in [2.05, 4.69) is 28.6 Å². The van der Waals surface area contributed by atoms with Crippen molar-refractivity contribution in [3.63, 3.8) is 0 Å². The maximum Gasteiger partial charge on any atom is 0.269 e. The van der Waals surface area contributed by atoms with Gasteiger partial charge in [0.2, 0.25) is 0 Å². The number of hydrogen-bond acceptors (Lipinski definition) is 5. The van der Waals surface area contributed by atoms with Crippen LogP contribution in [-0.2, 0) is 0 Å². The van der Waals surface area contributed by atoms with Crippen LogP contribution in [0.15, 0.2) is 78.9 Å². The van der Waals surface area contributed by atoms with Gasteiger partial charge in [-0.15, -0.1) is 0 Å². The van der Waals surface area contributed by atoms with Crippen LogP contribution in [0.4, 0.5) is 5.69 Å². The van der Waals surface area contributed by atoms with Gasteiger partial charge in [-0.05, 0) is 18.1 Å². The number of rotatable bonds is 3. The number of hydrazine groups is 1. The molecule has 0 aromatic heterocycles. The Morgan fingerprint density at radius 2 is 1.71 bits per heavy atom. The lowest BCUT2D eigenvalue weighted by atomic mass is 9.95. The molecule has 3 aromatic rings. The van der Waals surface area contributed by atoms with Crippen molar-refractivity contribution in [2.75, 3.05) is 0 Å². The van der Waals surface area contributed by atoms with E-state index in [1.165, 1.54) is 11.6 Å². The Bertz CT molecular complexity index is 1020. The third kappa shape index (κ3) is 2.83. The van der Waals surface area contributed by atoms with Crippen molar-refractivity contribution in [1.82, 2.24) is 10.4 Å². The number of nitro groups is 1. The van der Waals surface area contributed by atoms with Gasteiger partial charge in [-0.25, -0.2) is 5.43 Å². The molecule has 2 aliphatic rings. The maximum absolute atomic E-state index is 11.2. The Balaban J connectivity index is 1.56. The van der Waals surface area contributed by atoms with E-state index in [1.54, 1.807) is 12.1 Å². The molecule has 3 aromatic carbocycles. The fraction of sp³-hybridized carbons (Fsp3) is 0.182. The number of nitro benzene ring substituents is 1. The lowest BCUT2D eigenvalue weighted by Crippen LogP contribution is -2.42. The van der Waals surface area contributed by atoms with Crippen LogP contribution in [0.1, 0.15) is 41.4 Å². The van der Waals surface area contributed by atoms with E-state index < -0.39 is 6.23 Å². The van der Waals surface area contributed by atoms with E-state index in [0.29, 0.717) is 0 Å². The minimum atomic E-state index is -0.437. The fourth-order valence-corrected chi connectivity index (χ4v) is 4.12.